The van der Waals surface area contributed by atoms with Crippen molar-refractivity contribution in [1.82, 2.24) is 15.1 Å². The quantitative estimate of drug-likeness (QED) is 0.465. The molecule has 8 heteroatoms. The highest BCUT2D eigenvalue weighted by molar-refractivity contribution is 9.10. The van der Waals surface area contributed by atoms with E-state index in [1.807, 2.05) is 38.1 Å². The van der Waals surface area contributed by atoms with Crippen LogP contribution in [0.4, 0.5) is 5.69 Å². The van der Waals surface area contributed by atoms with Gasteiger partial charge in [0.1, 0.15) is 6.54 Å². The first kappa shape index (κ1) is 22.1. The molecule has 1 heterocycles. The fraction of sp³-hybridized carbons (Fsp3) is 0.227. The number of nitrogens with one attached hydrogen (secondary N) is 2. The standard InChI is InChI=1S/C22H23BrN4O2S/c1-15-10-20(16(2)9-19(15)23)30-14-22(29)24-12-17-5-3-6-18(11-17)26-21(28)13-27-8-4-7-25-27/h3-11H,12-14H2,1-2H3,(H,24,29)(H,26,28). The summed E-state index contributed by atoms with van der Waals surface area (Å²) >= 11 is 5.06. The lowest BCUT2D eigenvalue weighted by molar-refractivity contribution is -0.119. The molecule has 0 saturated heterocycles. The monoisotopic (exact) mass is 486 g/mol. The maximum absolute atomic E-state index is 12.3. The minimum Gasteiger partial charge on any atom is -0.351 e. The van der Waals surface area contributed by atoms with Crippen LogP contribution < -0.4 is 10.6 Å². The number of hydrogen-bond donors (Lipinski definition) is 2. The van der Waals surface area contributed by atoms with E-state index in [0.717, 1.165) is 26.1 Å². The second-order valence-electron chi connectivity index (χ2n) is 6.88. The maximum Gasteiger partial charge on any atom is 0.246 e. The third-order valence-electron chi connectivity index (χ3n) is 4.38. The van der Waals surface area contributed by atoms with E-state index in [1.165, 1.54) is 11.8 Å². The SMILES string of the molecule is Cc1cc(SCC(=O)NCc2cccc(NC(=O)Cn3cccn3)c2)c(C)cc1Br. The molecular weight excluding hydrogens is 464 g/mol. The molecule has 2 aromatic carbocycles. The van der Waals surface area contributed by atoms with Gasteiger partial charge < -0.3 is 10.6 Å². The number of hydrogen-bond acceptors (Lipinski definition) is 4. The molecule has 2 N–H and O–H groups in total. The lowest BCUT2D eigenvalue weighted by atomic mass is 10.2. The Hall–Kier alpha value is -2.58. The first-order valence-corrected chi connectivity index (χ1v) is 11.2. The molecule has 3 rings (SSSR count). The van der Waals surface area contributed by atoms with Gasteiger partial charge in [-0.3, -0.25) is 14.3 Å². The van der Waals surface area contributed by atoms with Crippen molar-refractivity contribution in [3.05, 3.63) is 76.0 Å². The van der Waals surface area contributed by atoms with Crippen molar-refractivity contribution in [2.75, 3.05) is 11.1 Å². The molecule has 0 saturated carbocycles. The molecule has 0 fully saturated rings. The third-order valence-corrected chi connectivity index (χ3v) is 6.39. The van der Waals surface area contributed by atoms with E-state index in [4.69, 9.17) is 0 Å². The summed E-state index contributed by atoms with van der Waals surface area (Å²) < 4.78 is 2.64. The summed E-state index contributed by atoms with van der Waals surface area (Å²) in [5, 5.41) is 9.81. The Labute approximate surface area is 188 Å². The molecule has 0 aliphatic rings. The first-order valence-electron chi connectivity index (χ1n) is 9.43. The van der Waals surface area contributed by atoms with Crippen LogP contribution in [-0.4, -0.2) is 27.3 Å². The Balaban J connectivity index is 1.48. The van der Waals surface area contributed by atoms with Crippen LogP contribution in [0.1, 0.15) is 16.7 Å². The molecule has 0 aliphatic carbocycles. The molecule has 3 aromatic rings. The van der Waals surface area contributed by atoms with Crippen LogP contribution in [0.15, 0.2) is 64.2 Å². The Morgan fingerprint density at radius 2 is 1.93 bits per heavy atom. The summed E-state index contributed by atoms with van der Waals surface area (Å²) in [4.78, 5) is 25.5. The summed E-state index contributed by atoms with van der Waals surface area (Å²) in [5.74, 6) is 0.159. The number of thioether (sulfide) groups is 1. The number of rotatable bonds is 8. The lowest BCUT2D eigenvalue weighted by Crippen LogP contribution is -2.24. The summed E-state index contributed by atoms with van der Waals surface area (Å²) in [6.45, 7) is 4.63. The number of halogens is 1. The van der Waals surface area contributed by atoms with Gasteiger partial charge in [-0.15, -0.1) is 11.8 Å². The fourth-order valence-electron chi connectivity index (χ4n) is 2.81. The molecule has 0 spiro atoms. The molecule has 0 bridgehead atoms. The largest absolute Gasteiger partial charge is 0.351 e. The second kappa shape index (κ2) is 10.4. The highest BCUT2D eigenvalue weighted by Crippen LogP contribution is 2.28. The predicted octanol–water partition coefficient (Wildman–Crippen LogP) is 4.31. The zero-order valence-corrected chi connectivity index (χ0v) is 19.2. The number of nitrogens with zero attached hydrogens (tertiary/aromatic N) is 2. The average Bonchev–Trinajstić information content (AvgIpc) is 3.21. The normalized spacial score (nSPS) is 10.6. The second-order valence-corrected chi connectivity index (χ2v) is 8.76. The van der Waals surface area contributed by atoms with Gasteiger partial charge in [-0.2, -0.15) is 5.10 Å². The van der Waals surface area contributed by atoms with Crippen LogP contribution >= 0.6 is 27.7 Å². The molecule has 0 radical (unpaired) electrons. The van der Waals surface area contributed by atoms with Gasteiger partial charge in [-0.1, -0.05) is 28.1 Å². The summed E-state index contributed by atoms with van der Waals surface area (Å²) in [7, 11) is 0. The highest BCUT2D eigenvalue weighted by Gasteiger charge is 2.08. The zero-order valence-electron chi connectivity index (χ0n) is 16.8. The number of aryl methyl sites for hydroxylation is 2. The number of carbonyl (C=O) groups excluding carboxylic acids is 2. The predicted molar refractivity (Wildman–Crippen MR) is 123 cm³/mol. The molecule has 2 amide bonds. The lowest BCUT2D eigenvalue weighted by Gasteiger charge is -2.10. The van der Waals surface area contributed by atoms with Crippen LogP contribution in [0, 0.1) is 13.8 Å². The van der Waals surface area contributed by atoms with E-state index < -0.39 is 0 Å². The topological polar surface area (TPSA) is 76.0 Å². The molecule has 0 atom stereocenters. The van der Waals surface area contributed by atoms with Crippen LogP contribution in [0.25, 0.3) is 0 Å². The Kier molecular flexibility index (Phi) is 7.70. The number of anilines is 1. The molecule has 30 heavy (non-hydrogen) atoms. The van der Waals surface area contributed by atoms with Gasteiger partial charge in [0.2, 0.25) is 11.8 Å². The third kappa shape index (κ3) is 6.47. The minimum atomic E-state index is -0.156. The van der Waals surface area contributed by atoms with Crippen LogP contribution in [-0.2, 0) is 22.7 Å². The highest BCUT2D eigenvalue weighted by atomic mass is 79.9. The van der Waals surface area contributed by atoms with E-state index in [2.05, 4.69) is 43.8 Å². The minimum absolute atomic E-state index is 0.0342. The molecule has 0 aliphatic heterocycles. The zero-order chi connectivity index (χ0) is 21.5. The first-order chi connectivity index (χ1) is 14.4. The molecular formula is C22H23BrN4O2S. The number of carbonyl (C=O) groups is 2. The van der Waals surface area contributed by atoms with E-state index >= 15 is 0 Å². The van der Waals surface area contributed by atoms with Gasteiger partial charge in [-0.25, -0.2) is 0 Å². The van der Waals surface area contributed by atoms with Gasteiger partial charge in [0, 0.05) is 34.0 Å². The van der Waals surface area contributed by atoms with Gasteiger partial charge in [0.15, 0.2) is 0 Å². The molecule has 1 aromatic heterocycles. The van der Waals surface area contributed by atoms with Crippen molar-refractivity contribution in [2.45, 2.75) is 31.8 Å². The van der Waals surface area contributed by atoms with Crippen LogP contribution in [0.3, 0.4) is 0 Å². The van der Waals surface area contributed by atoms with Crippen LogP contribution in [0.5, 0.6) is 0 Å². The smallest absolute Gasteiger partial charge is 0.246 e. The van der Waals surface area contributed by atoms with Crippen molar-refractivity contribution in [1.29, 1.82) is 0 Å². The fourth-order valence-corrected chi connectivity index (χ4v) is 4.20. The average molecular weight is 487 g/mol. The van der Waals surface area contributed by atoms with Crippen molar-refractivity contribution < 1.29 is 9.59 Å². The van der Waals surface area contributed by atoms with E-state index in [0.29, 0.717) is 18.0 Å². The van der Waals surface area contributed by atoms with E-state index in [9.17, 15) is 9.59 Å². The number of amides is 2. The molecule has 0 unspecified atom stereocenters. The Morgan fingerprint density at radius 3 is 2.70 bits per heavy atom. The van der Waals surface area contributed by atoms with E-state index in [-0.39, 0.29) is 18.4 Å². The van der Waals surface area contributed by atoms with Crippen molar-refractivity contribution in [2.24, 2.45) is 0 Å². The number of aromatic nitrogens is 2. The van der Waals surface area contributed by atoms with Crippen molar-refractivity contribution >= 4 is 45.2 Å². The number of benzene rings is 2. The Morgan fingerprint density at radius 1 is 1.10 bits per heavy atom. The Bertz CT molecular complexity index is 1040. The van der Waals surface area contributed by atoms with Gasteiger partial charge >= 0.3 is 0 Å². The molecule has 6 nitrogen and oxygen atoms in total. The summed E-state index contributed by atoms with van der Waals surface area (Å²) in [5.41, 5.74) is 3.90. The molecule has 156 valence electrons. The van der Waals surface area contributed by atoms with Crippen molar-refractivity contribution in [3.63, 3.8) is 0 Å². The van der Waals surface area contributed by atoms with Gasteiger partial charge in [0.05, 0.1) is 5.75 Å². The van der Waals surface area contributed by atoms with E-state index in [1.54, 1.807) is 23.1 Å². The maximum atomic E-state index is 12.3. The van der Waals surface area contributed by atoms with Gasteiger partial charge in [0.25, 0.3) is 0 Å². The van der Waals surface area contributed by atoms with Gasteiger partial charge in [-0.05, 0) is 60.9 Å². The van der Waals surface area contributed by atoms with Crippen molar-refractivity contribution in [3.8, 4) is 0 Å². The summed E-state index contributed by atoms with van der Waals surface area (Å²) in [6, 6.07) is 13.4. The summed E-state index contributed by atoms with van der Waals surface area (Å²) in [6.07, 6.45) is 3.37. The van der Waals surface area contributed by atoms with Crippen LogP contribution in [0.2, 0.25) is 0 Å².